The number of nitrogen functional groups attached to an aromatic ring is 4. The average molecular weight is 1840 g/mol. The van der Waals surface area contributed by atoms with E-state index in [4.69, 9.17) is 66.6 Å². The fourth-order valence-electron chi connectivity index (χ4n) is 17.3. The first kappa shape index (κ1) is 88.6. The fraction of sp³-hybridized carbons (Fsp3) is 0.319. The summed E-state index contributed by atoms with van der Waals surface area (Å²) in [5.74, 6) is 4.58. The van der Waals surface area contributed by atoms with Gasteiger partial charge in [-0.15, -0.1) is 0 Å². The highest BCUT2D eigenvalue weighted by atomic mass is 16.5. The third-order valence-corrected chi connectivity index (χ3v) is 25.0. The number of morpholine rings is 1. The zero-order valence-electron chi connectivity index (χ0n) is 75.2. The van der Waals surface area contributed by atoms with E-state index < -0.39 is 0 Å². The number of rotatable bonds is 23. The van der Waals surface area contributed by atoms with Crippen molar-refractivity contribution in [3.8, 4) is 51.3 Å². The number of piperazine rings is 3. The highest BCUT2D eigenvalue weighted by molar-refractivity contribution is 5.80. The van der Waals surface area contributed by atoms with Crippen LogP contribution in [0, 0.1) is 13.8 Å². The standard InChI is InChI=1S/C25H29N9O3.2C24H27N9O.C21H22N8O2/c26-23-13-27-12-19(30-23)20-14-34-4-3-28-25(34)24(31-20)29-17-1-2-21(22(11-17)37-10-9-35)33-7-5-32(6-8-33)18-15-36-16-18;1-16-22(20-12-26-13-21(25)29-20)30-23(24-27-6-7-33(16)24)28-17-2-4-18(5-3-17)31-8-10-32(11-9-31)19-14-34-15-19;1-16-22(25)29-20(12-27-16)21-13-33-7-6-26-24(33)23(30-21)28-17-2-4-18(5-3-17)31-8-10-32(11-9-31)19-14-34-15-19;22-19-10-23-9-17(26-19)18-12-29-6-5-24-21(29)20(27-18)25-14-1-3-15(4-2-14)28-7-8-31-16(11-28)13-30/h1-4,11-14,18,35H,5-10,15-16H2,(H2,26,30)(H,29,31);2*2-7,12-13,19H,8-11,14-15H2,1H3,(H2,25,29)(H,28,30);1-6,9-10,12,16,30H,7-8,11,13H2,(H2,22,26)(H,25,27)/t;;;16-/m...1/s1. The molecule has 0 amide bonds. The van der Waals surface area contributed by atoms with Crippen LogP contribution in [0.1, 0.15) is 11.4 Å². The molecule has 698 valence electrons. The van der Waals surface area contributed by atoms with Gasteiger partial charge in [0, 0.05) is 211 Å². The monoisotopic (exact) mass is 1840 g/mol. The Labute approximate surface area is 781 Å². The van der Waals surface area contributed by atoms with E-state index in [0.717, 1.165) is 176 Å². The van der Waals surface area contributed by atoms with Crippen molar-refractivity contribution >= 4 is 115 Å². The Bertz CT molecular complexity index is 6810. The summed E-state index contributed by atoms with van der Waals surface area (Å²) in [4.78, 5) is 88.2. The number of aryl methyl sites for hydroxylation is 2. The van der Waals surface area contributed by atoms with Crippen molar-refractivity contribution in [1.29, 1.82) is 0 Å². The van der Waals surface area contributed by atoms with Crippen molar-refractivity contribution in [2.24, 2.45) is 0 Å². The molecular weight excluding hydrogens is 1730 g/mol. The fourth-order valence-corrected chi connectivity index (χ4v) is 17.3. The Morgan fingerprint density at radius 3 is 1.24 bits per heavy atom. The lowest BCUT2D eigenvalue weighted by molar-refractivity contribution is -0.0661. The summed E-state index contributed by atoms with van der Waals surface area (Å²) in [6.07, 6.45) is 31.0. The van der Waals surface area contributed by atoms with Crippen LogP contribution in [-0.4, -0.2) is 304 Å². The number of aromatic nitrogens is 20. The molecule has 14 N–H and O–H groups in total. The van der Waals surface area contributed by atoms with E-state index >= 15 is 0 Å². The largest absolute Gasteiger partial charge is 0.489 e. The van der Waals surface area contributed by atoms with Crippen molar-refractivity contribution in [3.63, 3.8) is 0 Å². The predicted molar refractivity (Wildman–Crippen MR) is 519 cm³/mol. The van der Waals surface area contributed by atoms with E-state index in [0.29, 0.717) is 146 Å². The Morgan fingerprint density at radius 2 is 0.801 bits per heavy atom. The molecule has 136 heavy (non-hydrogen) atoms. The van der Waals surface area contributed by atoms with Gasteiger partial charge in [0.05, 0.1) is 138 Å². The van der Waals surface area contributed by atoms with Crippen molar-refractivity contribution in [2.75, 3.05) is 221 Å². The van der Waals surface area contributed by atoms with Crippen LogP contribution >= 0.6 is 0 Å². The molecule has 23 rings (SSSR count). The molecule has 0 spiro atoms. The molecule has 7 aliphatic heterocycles. The zero-order chi connectivity index (χ0) is 92.5. The van der Waals surface area contributed by atoms with Crippen LogP contribution in [0.2, 0.25) is 0 Å². The van der Waals surface area contributed by atoms with Gasteiger partial charge in [-0.25, -0.2) is 59.8 Å². The Balaban J connectivity index is 0.000000112. The molecule has 0 aliphatic carbocycles. The molecule has 0 bridgehead atoms. The summed E-state index contributed by atoms with van der Waals surface area (Å²) in [5.41, 5.74) is 41.0. The first-order valence-electron chi connectivity index (χ1n) is 45.3. The number of hydrogen-bond acceptors (Lipinski definition) is 38. The van der Waals surface area contributed by atoms with E-state index in [1.54, 1.807) is 49.6 Å². The molecule has 7 aliphatic rings. The van der Waals surface area contributed by atoms with E-state index in [1.165, 1.54) is 30.0 Å². The van der Waals surface area contributed by atoms with Crippen LogP contribution < -0.4 is 68.5 Å². The van der Waals surface area contributed by atoms with Gasteiger partial charge >= 0.3 is 0 Å². The molecule has 0 unspecified atom stereocenters. The van der Waals surface area contributed by atoms with Crippen LogP contribution in [0.3, 0.4) is 0 Å². The van der Waals surface area contributed by atoms with Crippen LogP contribution in [0.25, 0.3) is 68.1 Å². The number of nitrogens with two attached hydrogens (primary N) is 4. The summed E-state index contributed by atoms with van der Waals surface area (Å²) in [6.45, 7) is 23.4. The molecular formula is C94H105N35O7. The second kappa shape index (κ2) is 40.3. The van der Waals surface area contributed by atoms with Crippen LogP contribution in [-0.2, 0) is 18.9 Å². The number of ether oxygens (including phenoxy) is 5. The Kier molecular flexibility index (Phi) is 26.2. The number of hydrogen-bond donors (Lipinski definition) is 10. The third kappa shape index (κ3) is 20.0. The quantitative estimate of drug-likeness (QED) is 0.0292. The third-order valence-electron chi connectivity index (χ3n) is 25.0. The van der Waals surface area contributed by atoms with Crippen molar-refractivity contribution in [2.45, 2.75) is 38.1 Å². The number of benzene rings is 4. The van der Waals surface area contributed by atoms with Crippen LogP contribution in [0.5, 0.6) is 5.75 Å². The van der Waals surface area contributed by atoms with Gasteiger partial charge in [0.25, 0.3) is 0 Å². The number of anilines is 16. The molecule has 42 nitrogen and oxygen atoms in total. The van der Waals surface area contributed by atoms with Gasteiger partial charge < -0.3 is 111 Å². The van der Waals surface area contributed by atoms with Crippen molar-refractivity contribution in [3.05, 3.63) is 214 Å². The number of aliphatic hydroxyl groups is 2. The van der Waals surface area contributed by atoms with Gasteiger partial charge in [-0.2, -0.15) is 0 Å². The molecule has 0 radical (unpaired) electrons. The second-order valence-corrected chi connectivity index (χ2v) is 33.8. The van der Waals surface area contributed by atoms with E-state index in [-0.39, 0.29) is 25.9 Å². The smallest absolute Gasteiger partial charge is 0.180 e. The molecule has 12 aromatic heterocycles. The Morgan fingerprint density at radius 1 is 0.397 bits per heavy atom. The molecule has 7 fully saturated rings. The second-order valence-electron chi connectivity index (χ2n) is 33.8. The maximum absolute atomic E-state index is 9.40. The van der Waals surface area contributed by atoms with Crippen LogP contribution in [0.15, 0.2) is 203 Å². The molecule has 0 saturated carbocycles. The van der Waals surface area contributed by atoms with Gasteiger partial charge in [-0.3, -0.25) is 39.0 Å². The molecule has 42 heteroatoms. The normalized spacial score (nSPS) is 16.9. The van der Waals surface area contributed by atoms with E-state index in [9.17, 15) is 10.2 Å². The van der Waals surface area contributed by atoms with Gasteiger partial charge in [-0.05, 0) is 98.8 Å². The minimum atomic E-state index is -0.151. The number of imidazole rings is 4. The highest BCUT2D eigenvalue weighted by Gasteiger charge is 2.34. The topological polar surface area (TPSA) is 485 Å². The van der Waals surface area contributed by atoms with Gasteiger partial charge in [0.15, 0.2) is 45.9 Å². The van der Waals surface area contributed by atoms with Gasteiger partial charge in [0.2, 0.25) is 0 Å². The summed E-state index contributed by atoms with van der Waals surface area (Å²) in [5, 5.41) is 32.4. The molecule has 7 saturated heterocycles. The molecule has 16 aromatic rings. The van der Waals surface area contributed by atoms with E-state index in [1.807, 2.05) is 117 Å². The van der Waals surface area contributed by atoms with Gasteiger partial charge in [-0.1, -0.05) is 0 Å². The van der Waals surface area contributed by atoms with Gasteiger partial charge in [0.1, 0.15) is 81.2 Å². The SMILES string of the molecule is Cc1c(-c2cncc(N)n2)nc(Nc2ccc(N3CCN(C4COC4)CC3)cc2)c2nccn12.Cc1ncc(-c2cn3ccnc3c(Nc3ccc(N4CCN(C5COC5)CC4)cc3)n2)nc1N.Nc1cncc(-c2cn3ccnc3c(Nc3ccc(N4CCN(C5COC5)CC4)c(OCCO)c3)n2)n1.Nc1cncc(-c2cn3ccnc3c(Nc3ccc(N4CCO[C@@H](CO)C4)cc3)n2)n1. The molecule has 19 heterocycles. The zero-order valence-corrected chi connectivity index (χ0v) is 75.2. The lowest BCUT2D eigenvalue weighted by Gasteiger charge is -2.43. The average Bonchev–Trinajstić information content (AvgIpc) is 1.57. The summed E-state index contributed by atoms with van der Waals surface area (Å²) < 4.78 is 35.2. The Hall–Kier alpha value is -15.3. The maximum atomic E-state index is 9.40. The summed E-state index contributed by atoms with van der Waals surface area (Å²) in [6, 6.07) is 32.8. The minimum Gasteiger partial charge on any atom is -0.489 e. The first-order valence-corrected chi connectivity index (χ1v) is 45.3. The molecule has 4 aromatic carbocycles. The minimum absolute atomic E-state index is 0.0237. The van der Waals surface area contributed by atoms with Crippen molar-refractivity contribution < 1.29 is 33.9 Å². The highest BCUT2D eigenvalue weighted by Crippen LogP contribution is 2.38. The van der Waals surface area contributed by atoms with E-state index in [2.05, 4.69) is 164 Å². The predicted octanol–water partition coefficient (Wildman–Crippen LogP) is 7.80. The maximum Gasteiger partial charge on any atom is 0.180 e. The number of nitrogens with one attached hydrogen (secondary N) is 4. The summed E-state index contributed by atoms with van der Waals surface area (Å²) in [7, 11) is 0. The number of nitrogens with zero attached hydrogens (tertiary/aromatic N) is 27. The van der Waals surface area contributed by atoms with Crippen LogP contribution in [0.4, 0.5) is 92.0 Å². The molecule has 1 atom stereocenters. The lowest BCUT2D eigenvalue weighted by atomic mass is 10.1. The number of fused-ring (bicyclic) bond motifs is 4. The first-order chi connectivity index (χ1) is 66.7. The summed E-state index contributed by atoms with van der Waals surface area (Å²) >= 11 is 0. The van der Waals surface area contributed by atoms with Crippen molar-refractivity contribution in [1.82, 2.24) is 112 Å². The lowest BCUT2D eigenvalue weighted by Crippen LogP contribution is -2.56. The number of aliphatic hydroxyl groups excluding tert-OH is 2.